The third kappa shape index (κ3) is 4.53. The lowest BCUT2D eigenvalue weighted by atomic mass is 9.74. The van der Waals surface area contributed by atoms with E-state index in [0.29, 0.717) is 12.6 Å². The van der Waals surface area contributed by atoms with Gasteiger partial charge in [0.2, 0.25) is 0 Å². The molecule has 0 aliphatic carbocycles. The van der Waals surface area contributed by atoms with Crippen LogP contribution < -0.4 is 5.32 Å². The molecule has 4 rings (SSSR count). The van der Waals surface area contributed by atoms with Crippen molar-refractivity contribution in [1.29, 1.82) is 0 Å². The average molecular weight is 431 g/mol. The molecular formula is C24H38N4O3. The number of carbonyl (C=O) groups is 2. The average Bonchev–Trinajstić information content (AvgIpc) is 3.41. The van der Waals surface area contributed by atoms with Gasteiger partial charge < -0.3 is 14.6 Å². The van der Waals surface area contributed by atoms with Gasteiger partial charge in [-0.1, -0.05) is 13.3 Å². The number of furan rings is 1. The third-order valence-electron chi connectivity index (χ3n) is 7.66. The first-order chi connectivity index (χ1) is 14.9. The van der Waals surface area contributed by atoms with Crippen molar-refractivity contribution in [2.75, 3.05) is 33.2 Å². The van der Waals surface area contributed by atoms with Gasteiger partial charge in [-0.2, -0.15) is 0 Å². The molecule has 1 aromatic heterocycles. The highest BCUT2D eigenvalue weighted by Gasteiger charge is 2.55. The molecule has 2 unspecified atom stereocenters. The van der Waals surface area contributed by atoms with Crippen LogP contribution in [0.2, 0.25) is 0 Å². The van der Waals surface area contributed by atoms with Crippen LogP contribution >= 0.6 is 0 Å². The summed E-state index contributed by atoms with van der Waals surface area (Å²) in [5.41, 5.74) is -0.721. The minimum atomic E-state index is -0.721. The monoisotopic (exact) mass is 430 g/mol. The van der Waals surface area contributed by atoms with E-state index in [1.54, 1.807) is 0 Å². The molecule has 3 saturated heterocycles. The van der Waals surface area contributed by atoms with Crippen LogP contribution in [0.4, 0.5) is 4.79 Å². The van der Waals surface area contributed by atoms with Crippen LogP contribution in [-0.2, 0) is 11.3 Å². The Hall–Kier alpha value is -1.86. The fourth-order valence-electron chi connectivity index (χ4n) is 5.89. The quantitative estimate of drug-likeness (QED) is 0.641. The molecule has 3 fully saturated rings. The summed E-state index contributed by atoms with van der Waals surface area (Å²) in [5.74, 6) is 2.14. The molecule has 3 amide bonds. The van der Waals surface area contributed by atoms with Crippen LogP contribution in [0.15, 0.2) is 16.5 Å². The van der Waals surface area contributed by atoms with Gasteiger partial charge in [0, 0.05) is 12.6 Å². The summed E-state index contributed by atoms with van der Waals surface area (Å²) in [6.45, 7) is 8.36. The molecule has 0 spiro atoms. The van der Waals surface area contributed by atoms with Gasteiger partial charge in [-0.15, -0.1) is 0 Å². The van der Waals surface area contributed by atoms with Gasteiger partial charge in [0.05, 0.1) is 6.54 Å². The van der Waals surface area contributed by atoms with E-state index in [1.807, 2.05) is 19.1 Å². The van der Waals surface area contributed by atoms with Crippen molar-refractivity contribution < 1.29 is 14.0 Å². The predicted molar refractivity (Wildman–Crippen MR) is 120 cm³/mol. The Morgan fingerprint density at radius 1 is 1.16 bits per heavy atom. The van der Waals surface area contributed by atoms with Crippen molar-refractivity contribution in [2.45, 2.75) is 76.9 Å². The molecule has 2 atom stereocenters. The molecule has 172 valence electrons. The van der Waals surface area contributed by atoms with E-state index < -0.39 is 5.54 Å². The van der Waals surface area contributed by atoms with Crippen molar-refractivity contribution in [3.05, 3.63) is 23.7 Å². The Kier molecular flexibility index (Phi) is 6.72. The number of amides is 3. The van der Waals surface area contributed by atoms with Crippen LogP contribution in [0, 0.1) is 12.8 Å². The largest absolute Gasteiger partial charge is 0.465 e. The number of piperidine rings is 1. The number of hydrogen-bond acceptors (Lipinski definition) is 5. The summed E-state index contributed by atoms with van der Waals surface area (Å²) in [4.78, 5) is 32.7. The Morgan fingerprint density at radius 2 is 1.94 bits per heavy atom. The zero-order valence-electron chi connectivity index (χ0n) is 19.4. The van der Waals surface area contributed by atoms with E-state index >= 15 is 0 Å². The maximum absolute atomic E-state index is 13.6. The minimum absolute atomic E-state index is 0.0140. The molecular weight excluding hydrogens is 392 g/mol. The SMILES string of the molecule is CCCC1(C2CCN(Cc3ccc(C)o3)CC2)NC(=O)N(CCC2CCCN2C)C1=O. The smallest absolute Gasteiger partial charge is 0.325 e. The molecule has 0 radical (unpaired) electrons. The number of imide groups is 1. The van der Waals surface area contributed by atoms with Crippen LogP contribution in [0.25, 0.3) is 0 Å². The second-order valence-corrected chi connectivity index (χ2v) is 9.74. The second-order valence-electron chi connectivity index (χ2n) is 9.74. The molecule has 31 heavy (non-hydrogen) atoms. The number of aryl methyl sites for hydroxylation is 1. The Morgan fingerprint density at radius 3 is 2.55 bits per heavy atom. The topological polar surface area (TPSA) is 69.0 Å². The molecule has 1 N–H and O–H groups in total. The summed E-state index contributed by atoms with van der Waals surface area (Å²) in [6, 6.07) is 4.34. The highest BCUT2D eigenvalue weighted by Crippen LogP contribution is 2.37. The Bertz CT molecular complexity index is 786. The van der Waals surface area contributed by atoms with E-state index in [1.165, 1.54) is 11.3 Å². The highest BCUT2D eigenvalue weighted by atomic mass is 16.3. The molecule has 0 saturated carbocycles. The predicted octanol–water partition coefficient (Wildman–Crippen LogP) is 3.38. The molecule has 7 nitrogen and oxygen atoms in total. The maximum Gasteiger partial charge on any atom is 0.325 e. The molecule has 3 aliphatic rings. The molecule has 0 aromatic carbocycles. The van der Waals surface area contributed by atoms with Gasteiger partial charge in [0.1, 0.15) is 17.1 Å². The van der Waals surface area contributed by atoms with E-state index in [4.69, 9.17) is 4.42 Å². The van der Waals surface area contributed by atoms with Crippen LogP contribution in [0.3, 0.4) is 0 Å². The Labute approximate surface area is 186 Å². The number of carbonyl (C=O) groups excluding carboxylic acids is 2. The van der Waals surface area contributed by atoms with Crippen LogP contribution in [0.1, 0.15) is 63.4 Å². The number of urea groups is 1. The second kappa shape index (κ2) is 9.33. The van der Waals surface area contributed by atoms with Crippen molar-refractivity contribution >= 4 is 11.9 Å². The minimum Gasteiger partial charge on any atom is -0.465 e. The highest BCUT2D eigenvalue weighted by molar-refractivity contribution is 6.07. The van der Waals surface area contributed by atoms with E-state index in [-0.39, 0.29) is 17.9 Å². The van der Waals surface area contributed by atoms with Crippen molar-refractivity contribution in [1.82, 2.24) is 20.0 Å². The Balaban J connectivity index is 1.38. The number of nitrogens with one attached hydrogen (secondary N) is 1. The fraction of sp³-hybridized carbons (Fsp3) is 0.750. The third-order valence-corrected chi connectivity index (χ3v) is 7.66. The first kappa shape index (κ1) is 22.3. The lowest BCUT2D eigenvalue weighted by Crippen LogP contribution is -2.56. The number of nitrogens with zero attached hydrogens (tertiary/aromatic N) is 3. The first-order valence-electron chi connectivity index (χ1n) is 12.0. The number of likely N-dealkylation sites (tertiary alicyclic amines) is 2. The van der Waals surface area contributed by atoms with Gasteiger partial charge in [-0.25, -0.2) is 4.79 Å². The standard InChI is InChI=1S/C24H38N4O3/c1-4-12-24(19-9-14-27(15-10-19)17-21-8-7-18(2)31-21)22(29)28(23(30)25-24)16-11-20-6-5-13-26(20)3/h7-8,19-20H,4-6,9-17H2,1-3H3,(H,25,30). The molecule has 7 heteroatoms. The first-order valence-corrected chi connectivity index (χ1v) is 12.0. The molecule has 0 bridgehead atoms. The van der Waals surface area contributed by atoms with Gasteiger partial charge in [0.15, 0.2) is 0 Å². The molecule has 1 aromatic rings. The summed E-state index contributed by atoms with van der Waals surface area (Å²) in [6.07, 6.45) is 6.69. The van der Waals surface area contributed by atoms with Crippen LogP contribution in [-0.4, -0.2) is 71.4 Å². The van der Waals surface area contributed by atoms with E-state index in [9.17, 15) is 9.59 Å². The van der Waals surface area contributed by atoms with Gasteiger partial charge in [-0.05, 0) is 90.2 Å². The fourth-order valence-corrected chi connectivity index (χ4v) is 5.89. The van der Waals surface area contributed by atoms with Crippen molar-refractivity contribution in [2.24, 2.45) is 5.92 Å². The van der Waals surface area contributed by atoms with Gasteiger partial charge in [0.25, 0.3) is 5.91 Å². The van der Waals surface area contributed by atoms with Crippen molar-refractivity contribution in [3.63, 3.8) is 0 Å². The summed E-state index contributed by atoms with van der Waals surface area (Å²) in [5, 5.41) is 3.18. The zero-order valence-corrected chi connectivity index (χ0v) is 19.4. The van der Waals surface area contributed by atoms with E-state index in [0.717, 1.165) is 76.2 Å². The number of rotatable bonds is 8. The summed E-state index contributed by atoms with van der Waals surface area (Å²) < 4.78 is 5.73. The molecule has 4 heterocycles. The van der Waals surface area contributed by atoms with Gasteiger partial charge in [-0.3, -0.25) is 14.6 Å². The maximum atomic E-state index is 13.6. The number of hydrogen-bond donors (Lipinski definition) is 1. The normalized spacial score (nSPS) is 28.6. The summed E-state index contributed by atoms with van der Waals surface area (Å²) >= 11 is 0. The lowest BCUT2D eigenvalue weighted by molar-refractivity contribution is -0.134. The van der Waals surface area contributed by atoms with Gasteiger partial charge >= 0.3 is 6.03 Å². The van der Waals surface area contributed by atoms with Crippen LogP contribution in [0.5, 0.6) is 0 Å². The zero-order chi connectivity index (χ0) is 22.0. The summed E-state index contributed by atoms with van der Waals surface area (Å²) in [7, 11) is 2.14. The lowest BCUT2D eigenvalue weighted by Gasteiger charge is -2.40. The molecule has 3 aliphatic heterocycles. The van der Waals surface area contributed by atoms with Crippen molar-refractivity contribution in [3.8, 4) is 0 Å². The van der Waals surface area contributed by atoms with E-state index in [2.05, 4.69) is 29.1 Å².